The highest BCUT2D eigenvalue weighted by molar-refractivity contribution is 7.97. The van der Waals surface area contributed by atoms with Crippen LogP contribution in [-0.2, 0) is 11.0 Å². The van der Waals surface area contributed by atoms with Crippen LogP contribution in [0.2, 0.25) is 0 Å². The van der Waals surface area contributed by atoms with Crippen LogP contribution in [0.25, 0.3) is 21.9 Å². The first-order valence-electron chi connectivity index (χ1n) is 12.1. The number of benzene rings is 5. The Balaban J connectivity index is 1.54. The molecule has 5 nitrogen and oxygen atoms in total. The third-order valence-corrected chi connectivity index (χ3v) is 10.1. The SMILES string of the molecule is O=C(S)c1ccc(C(Cc2cc3ccc(O)cc3cc2O)P2(=O)Oc3ccccc3-c3ccccc32)cc1. The minimum absolute atomic E-state index is 0.0348. The largest absolute Gasteiger partial charge is 0.508 e. The second kappa shape index (κ2) is 9.39. The van der Waals surface area contributed by atoms with E-state index in [9.17, 15) is 15.0 Å². The van der Waals surface area contributed by atoms with E-state index in [0.717, 1.165) is 16.5 Å². The first-order valence-corrected chi connectivity index (χ1v) is 14.2. The van der Waals surface area contributed by atoms with Crippen molar-refractivity contribution in [1.82, 2.24) is 0 Å². The van der Waals surface area contributed by atoms with Crippen molar-refractivity contribution in [2.24, 2.45) is 0 Å². The monoisotopic (exact) mass is 538 g/mol. The van der Waals surface area contributed by atoms with E-state index in [0.29, 0.717) is 33.1 Å². The van der Waals surface area contributed by atoms with Crippen LogP contribution < -0.4 is 9.83 Å². The minimum Gasteiger partial charge on any atom is -0.508 e. The average Bonchev–Trinajstić information content (AvgIpc) is 2.92. The second-order valence-corrected chi connectivity index (χ2v) is 12.2. The van der Waals surface area contributed by atoms with Gasteiger partial charge in [-0.25, -0.2) is 0 Å². The number of thiol groups is 1. The molecule has 0 radical (unpaired) electrons. The highest BCUT2D eigenvalue weighted by atomic mass is 32.1. The smallest absolute Gasteiger partial charge is 0.285 e. The molecule has 0 spiro atoms. The van der Waals surface area contributed by atoms with E-state index in [1.54, 1.807) is 48.5 Å². The van der Waals surface area contributed by atoms with Gasteiger partial charge in [-0.1, -0.05) is 66.7 Å². The predicted molar refractivity (Wildman–Crippen MR) is 153 cm³/mol. The molecule has 1 aliphatic rings. The van der Waals surface area contributed by atoms with Crippen molar-refractivity contribution in [2.45, 2.75) is 12.1 Å². The maximum atomic E-state index is 15.1. The molecule has 0 aromatic heterocycles. The number of carbonyl (C=O) groups is 1. The summed E-state index contributed by atoms with van der Waals surface area (Å²) in [6, 6.07) is 30.4. The van der Waals surface area contributed by atoms with Crippen molar-refractivity contribution < 1.29 is 24.1 Å². The molecular formula is C31H23O5PS. The first-order chi connectivity index (χ1) is 18.3. The lowest BCUT2D eigenvalue weighted by Gasteiger charge is -2.34. The van der Waals surface area contributed by atoms with Gasteiger partial charge >= 0.3 is 0 Å². The number of para-hydroxylation sites is 1. The summed E-state index contributed by atoms with van der Waals surface area (Å²) in [5.74, 6) is 0.684. The summed E-state index contributed by atoms with van der Waals surface area (Å²) in [7, 11) is -3.62. The molecule has 1 aliphatic heterocycles. The lowest BCUT2D eigenvalue weighted by atomic mass is 9.99. The van der Waals surface area contributed by atoms with Crippen LogP contribution in [-0.4, -0.2) is 15.3 Å². The normalized spacial score (nSPS) is 16.8. The van der Waals surface area contributed by atoms with Gasteiger partial charge in [0, 0.05) is 11.1 Å². The zero-order chi connectivity index (χ0) is 26.4. The van der Waals surface area contributed by atoms with E-state index in [4.69, 9.17) is 4.52 Å². The van der Waals surface area contributed by atoms with Gasteiger partial charge in [-0.05, 0) is 70.3 Å². The average molecular weight is 539 g/mol. The van der Waals surface area contributed by atoms with Crippen molar-refractivity contribution in [3.8, 4) is 28.4 Å². The topological polar surface area (TPSA) is 83.8 Å². The van der Waals surface area contributed by atoms with Gasteiger partial charge in [0.1, 0.15) is 17.2 Å². The molecule has 0 amide bonds. The molecule has 2 atom stereocenters. The Hall–Kier alpha value is -3.99. The van der Waals surface area contributed by atoms with Crippen LogP contribution in [0, 0.1) is 0 Å². The van der Waals surface area contributed by atoms with Crippen LogP contribution in [0.1, 0.15) is 27.1 Å². The van der Waals surface area contributed by atoms with Gasteiger partial charge in [0.15, 0.2) is 0 Å². The van der Waals surface area contributed by atoms with Crippen molar-refractivity contribution >= 4 is 41.2 Å². The summed E-state index contributed by atoms with van der Waals surface area (Å²) in [5, 5.41) is 22.6. The minimum atomic E-state index is -3.62. The summed E-state index contributed by atoms with van der Waals surface area (Å²) in [4.78, 5) is 11.8. The lowest BCUT2D eigenvalue weighted by Crippen LogP contribution is -2.23. The van der Waals surface area contributed by atoms with Gasteiger partial charge < -0.3 is 14.7 Å². The third kappa shape index (κ3) is 4.16. The molecule has 0 saturated heterocycles. The van der Waals surface area contributed by atoms with E-state index in [1.165, 1.54) is 0 Å². The summed E-state index contributed by atoms with van der Waals surface area (Å²) in [6.07, 6.45) is 0.213. The molecule has 5 aromatic rings. The number of hydrogen-bond acceptors (Lipinski definition) is 5. The van der Waals surface area contributed by atoms with E-state index in [-0.39, 0.29) is 23.0 Å². The van der Waals surface area contributed by atoms with Crippen LogP contribution in [0.3, 0.4) is 0 Å². The van der Waals surface area contributed by atoms with E-state index >= 15 is 4.57 Å². The highest BCUT2D eigenvalue weighted by Crippen LogP contribution is 2.64. The van der Waals surface area contributed by atoms with Gasteiger partial charge in [0.25, 0.3) is 7.37 Å². The summed E-state index contributed by atoms with van der Waals surface area (Å²) < 4.78 is 21.6. The summed E-state index contributed by atoms with van der Waals surface area (Å²) in [5.41, 5.74) is 2.80. The van der Waals surface area contributed by atoms with E-state index < -0.39 is 13.0 Å². The molecule has 5 aromatic carbocycles. The van der Waals surface area contributed by atoms with E-state index in [2.05, 4.69) is 12.6 Å². The molecule has 7 heteroatoms. The number of rotatable bonds is 5. The van der Waals surface area contributed by atoms with Gasteiger partial charge in [0.2, 0.25) is 5.12 Å². The predicted octanol–water partition coefficient (Wildman–Crippen LogP) is 7.27. The molecule has 2 N–H and O–H groups in total. The summed E-state index contributed by atoms with van der Waals surface area (Å²) in [6.45, 7) is 0. The lowest BCUT2D eigenvalue weighted by molar-refractivity contribution is 0.109. The highest BCUT2D eigenvalue weighted by Gasteiger charge is 2.44. The summed E-state index contributed by atoms with van der Waals surface area (Å²) >= 11 is 3.93. The number of phenols is 2. The Morgan fingerprint density at radius 1 is 0.816 bits per heavy atom. The Labute approximate surface area is 225 Å². The number of phenolic OH excluding ortho intramolecular Hbond substituents is 2. The first kappa shape index (κ1) is 24.4. The van der Waals surface area contributed by atoms with Crippen LogP contribution in [0.15, 0.2) is 103 Å². The third-order valence-electron chi connectivity index (χ3n) is 7.04. The van der Waals surface area contributed by atoms with Gasteiger partial charge in [-0.3, -0.25) is 9.36 Å². The number of fused-ring (bicyclic) bond motifs is 4. The van der Waals surface area contributed by atoms with Crippen LogP contribution in [0.4, 0.5) is 0 Å². The van der Waals surface area contributed by atoms with Crippen LogP contribution in [0.5, 0.6) is 17.2 Å². The standard InChI is InChI=1S/C31H23O5PS/c32-24-14-13-21-15-23(27(33)17-22(21)16-24)18-30(19-9-11-20(12-10-19)31(34)38)37(35)29-8-4-2-6-26(29)25-5-1-3-7-28(25)36-37/h1-17,30,32-33H,18H2,(H,34,38). The fourth-order valence-corrected chi connectivity index (χ4v) is 8.13. The van der Waals surface area contributed by atoms with Crippen molar-refractivity contribution in [1.29, 1.82) is 0 Å². The Bertz CT molecular complexity index is 1760. The maximum Gasteiger partial charge on any atom is 0.285 e. The molecule has 0 fully saturated rings. The molecule has 38 heavy (non-hydrogen) atoms. The maximum absolute atomic E-state index is 15.1. The zero-order valence-corrected chi connectivity index (χ0v) is 21.9. The Morgan fingerprint density at radius 3 is 2.29 bits per heavy atom. The van der Waals surface area contributed by atoms with Gasteiger partial charge in [0.05, 0.1) is 11.0 Å². The fraction of sp³-hybridized carbons (Fsp3) is 0.0645. The molecule has 6 rings (SSSR count). The molecule has 0 aliphatic carbocycles. The number of carbonyl (C=O) groups excluding carboxylic acids is 1. The van der Waals surface area contributed by atoms with Gasteiger partial charge in [-0.2, -0.15) is 0 Å². The molecule has 1 heterocycles. The van der Waals surface area contributed by atoms with Crippen molar-refractivity contribution in [3.05, 3.63) is 120 Å². The quantitative estimate of drug-likeness (QED) is 0.162. The van der Waals surface area contributed by atoms with E-state index in [1.807, 2.05) is 54.6 Å². The van der Waals surface area contributed by atoms with Crippen molar-refractivity contribution in [3.63, 3.8) is 0 Å². The molecule has 188 valence electrons. The van der Waals surface area contributed by atoms with Crippen molar-refractivity contribution in [2.75, 3.05) is 0 Å². The number of hydrogen-bond donors (Lipinski definition) is 3. The van der Waals surface area contributed by atoms with Crippen LogP contribution >= 0.6 is 20.0 Å². The zero-order valence-electron chi connectivity index (χ0n) is 20.1. The Morgan fingerprint density at radius 2 is 1.53 bits per heavy atom. The van der Waals surface area contributed by atoms with Gasteiger partial charge in [-0.15, -0.1) is 12.6 Å². The second-order valence-electron chi connectivity index (χ2n) is 9.36. The Kier molecular flexibility index (Phi) is 6.02. The molecule has 2 unspecified atom stereocenters. The molecule has 0 saturated carbocycles. The fourth-order valence-electron chi connectivity index (χ4n) is 5.14. The number of aromatic hydroxyl groups is 2. The molecular weight excluding hydrogens is 515 g/mol. The molecule has 0 bridgehead atoms.